The Kier molecular flexibility index (Phi) is 5.65. The van der Waals surface area contributed by atoms with Gasteiger partial charge in [-0.05, 0) is 45.9 Å². The molecule has 158 valence electrons. The van der Waals surface area contributed by atoms with Crippen LogP contribution in [0.15, 0.2) is 43.0 Å². The highest BCUT2D eigenvalue weighted by atomic mass is 32.1. The summed E-state index contributed by atoms with van der Waals surface area (Å²) in [4.78, 5) is 39.4. The summed E-state index contributed by atoms with van der Waals surface area (Å²) in [6, 6.07) is 5.38. The van der Waals surface area contributed by atoms with E-state index in [-0.39, 0.29) is 24.2 Å². The molecule has 4 rings (SSSR count). The predicted octanol–water partition coefficient (Wildman–Crippen LogP) is 4.50. The van der Waals surface area contributed by atoms with Gasteiger partial charge in [0.15, 0.2) is 5.78 Å². The molecule has 4 aromatic rings. The molecule has 0 saturated heterocycles. The van der Waals surface area contributed by atoms with Gasteiger partial charge in [0.05, 0.1) is 22.6 Å². The summed E-state index contributed by atoms with van der Waals surface area (Å²) < 4.78 is 2.06. The van der Waals surface area contributed by atoms with Gasteiger partial charge in [-0.3, -0.25) is 14.6 Å². The second kappa shape index (κ2) is 8.39. The summed E-state index contributed by atoms with van der Waals surface area (Å²) in [5.41, 5.74) is 2.87. The van der Waals surface area contributed by atoms with Crippen molar-refractivity contribution >= 4 is 39.7 Å². The molecule has 0 saturated carbocycles. The van der Waals surface area contributed by atoms with Crippen molar-refractivity contribution in [2.75, 3.05) is 5.32 Å². The maximum atomic E-state index is 13.3. The Balaban J connectivity index is 1.58. The number of pyridine rings is 2. The Bertz CT molecular complexity index is 1290. The molecule has 0 aliphatic carbocycles. The quantitative estimate of drug-likeness (QED) is 0.452. The molecule has 1 amide bonds. The normalized spacial score (nSPS) is 11.3. The average molecular weight is 434 g/mol. The molecule has 1 N–H and O–H groups in total. The van der Waals surface area contributed by atoms with Crippen molar-refractivity contribution in [1.82, 2.24) is 19.5 Å². The van der Waals surface area contributed by atoms with E-state index < -0.39 is 0 Å². The molecular formula is C23H23N5O2S. The molecule has 0 aliphatic heterocycles. The second-order valence-corrected chi connectivity index (χ2v) is 8.95. The zero-order valence-electron chi connectivity index (χ0n) is 17.8. The van der Waals surface area contributed by atoms with Crippen molar-refractivity contribution in [3.63, 3.8) is 0 Å². The van der Waals surface area contributed by atoms with Crippen LogP contribution in [0.5, 0.6) is 0 Å². The molecule has 0 spiro atoms. The number of rotatable bonds is 6. The van der Waals surface area contributed by atoms with Crippen LogP contribution in [0.4, 0.5) is 5.82 Å². The summed E-state index contributed by atoms with van der Waals surface area (Å²) in [6.45, 7) is 7.95. The molecule has 8 heteroatoms. The van der Waals surface area contributed by atoms with Gasteiger partial charge in [0.1, 0.15) is 5.82 Å². The third-order valence-corrected chi connectivity index (χ3v) is 6.12. The van der Waals surface area contributed by atoms with Gasteiger partial charge < -0.3 is 9.88 Å². The highest BCUT2D eigenvalue weighted by Gasteiger charge is 2.19. The number of hydrogen-bond acceptors (Lipinski definition) is 6. The lowest BCUT2D eigenvalue weighted by Gasteiger charge is -2.08. The summed E-state index contributed by atoms with van der Waals surface area (Å²) in [5, 5.41) is 4.53. The number of thiazole rings is 1. The summed E-state index contributed by atoms with van der Waals surface area (Å²) in [5.74, 6) is 0.0224. The number of aromatic nitrogens is 4. The van der Waals surface area contributed by atoms with Crippen molar-refractivity contribution < 1.29 is 9.59 Å². The minimum absolute atomic E-state index is 0.135. The van der Waals surface area contributed by atoms with Crippen LogP contribution in [0.3, 0.4) is 0 Å². The summed E-state index contributed by atoms with van der Waals surface area (Å²) in [6.07, 6.45) is 7.06. The van der Waals surface area contributed by atoms with E-state index in [1.165, 1.54) is 17.5 Å². The van der Waals surface area contributed by atoms with Crippen LogP contribution in [0.1, 0.15) is 51.4 Å². The SMILES string of the molecule is Cc1nc(C)c(CC(=O)Nc2cc(C(=O)c3cn(C(C)C)c4ccncc34)ccn2)s1. The zero-order chi connectivity index (χ0) is 22.1. The third-order valence-electron chi connectivity index (χ3n) is 5.05. The van der Waals surface area contributed by atoms with Crippen LogP contribution in [0.25, 0.3) is 10.9 Å². The number of carbonyl (C=O) groups is 2. The Labute approximate surface area is 184 Å². The van der Waals surface area contributed by atoms with Gasteiger partial charge >= 0.3 is 0 Å². The maximum absolute atomic E-state index is 13.3. The second-order valence-electron chi connectivity index (χ2n) is 7.66. The Morgan fingerprint density at radius 3 is 2.71 bits per heavy atom. The van der Waals surface area contributed by atoms with Crippen molar-refractivity contribution in [2.45, 2.75) is 40.2 Å². The van der Waals surface area contributed by atoms with Crippen molar-refractivity contribution in [2.24, 2.45) is 0 Å². The first kappa shape index (κ1) is 20.9. The number of nitrogens with zero attached hydrogens (tertiary/aromatic N) is 4. The van der Waals surface area contributed by atoms with Crippen LogP contribution in [-0.2, 0) is 11.2 Å². The molecule has 4 aromatic heterocycles. The Morgan fingerprint density at radius 1 is 1.19 bits per heavy atom. The van der Waals surface area contributed by atoms with E-state index in [9.17, 15) is 9.59 Å². The Hall–Kier alpha value is -3.39. The molecule has 0 bridgehead atoms. The van der Waals surface area contributed by atoms with Gasteiger partial charge in [0.25, 0.3) is 0 Å². The zero-order valence-corrected chi connectivity index (χ0v) is 18.7. The molecule has 7 nitrogen and oxygen atoms in total. The molecule has 0 atom stereocenters. The number of fused-ring (bicyclic) bond motifs is 1. The maximum Gasteiger partial charge on any atom is 0.230 e. The molecule has 0 radical (unpaired) electrons. The van der Waals surface area contributed by atoms with Gasteiger partial charge in [-0.15, -0.1) is 11.3 Å². The first-order valence-corrected chi connectivity index (χ1v) is 10.8. The monoisotopic (exact) mass is 433 g/mol. The van der Waals surface area contributed by atoms with E-state index in [0.717, 1.165) is 26.5 Å². The minimum atomic E-state index is -0.190. The minimum Gasteiger partial charge on any atom is -0.344 e. The highest BCUT2D eigenvalue weighted by Crippen LogP contribution is 2.26. The van der Waals surface area contributed by atoms with Crippen LogP contribution in [0.2, 0.25) is 0 Å². The smallest absolute Gasteiger partial charge is 0.230 e. The van der Waals surface area contributed by atoms with Crippen molar-refractivity contribution in [1.29, 1.82) is 0 Å². The van der Waals surface area contributed by atoms with Gasteiger partial charge in [0.2, 0.25) is 5.91 Å². The van der Waals surface area contributed by atoms with Gasteiger partial charge in [-0.25, -0.2) is 9.97 Å². The molecule has 31 heavy (non-hydrogen) atoms. The van der Waals surface area contributed by atoms with E-state index in [1.807, 2.05) is 26.1 Å². The fraction of sp³-hybridized carbons (Fsp3) is 0.261. The number of anilines is 1. The standard InChI is InChI=1S/C23H23N5O2S/c1-13(2)28-12-18(17-11-24-7-6-19(17)28)23(30)16-5-8-25-21(9-16)27-22(29)10-20-14(3)26-15(4)31-20/h5-9,11-13H,10H2,1-4H3,(H,25,27,29). The summed E-state index contributed by atoms with van der Waals surface area (Å²) >= 11 is 1.51. The largest absolute Gasteiger partial charge is 0.344 e. The van der Waals surface area contributed by atoms with Gasteiger partial charge in [-0.2, -0.15) is 0 Å². The topological polar surface area (TPSA) is 89.8 Å². The number of hydrogen-bond donors (Lipinski definition) is 1. The lowest BCUT2D eigenvalue weighted by atomic mass is 10.0. The number of aryl methyl sites for hydroxylation is 2. The molecule has 0 unspecified atom stereocenters. The lowest BCUT2D eigenvalue weighted by molar-refractivity contribution is -0.115. The predicted molar refractivity (Wildman–Crippen MR) is 122 cm³/mol. The molecule has 0 aliphatic rings. The van der Waals surface area contributed by atoms with Crippen LogP contribution in [0, 0.1) is 13.8 Å². The number of amides is 1. The molecule has 0 aromatic carbocycles. The lowest BCUT2D eigenvalue weighted by Crippen LogP contribution is -2.15. The van der Waals surface area contributed by atoms with Crippen LogP contribution < -0.4 is 5.32 Å². The van der Waals surface area contributed by atoms with Crippen molar-refractivity contribution in [3.05, 3.63) is 69.7 Å². The van der Waals surface area contributed by atoms with Crippen molar-refractivity contribution in [3.8, 4) is 0 Å². The number of nitrogens with one attached hydrogen (secondary N) is 1. The number of carbonyl (C=O) groups excluding carboxylic acids is 2. The Morgan fingerprint density at radius 2 is 2.00 bits per heavy atom. The summed E-state index contributed by atoms with van der Waals surface area (Å²) in [7, 11) is 0. The first-order chi connectivity index (χ1) is 14.8. The molecular weight excluding hydrogens is 410 g/mol. The third kappa shape index (κ3) is 4.25. The van der Waals surface area contributed by atoms with Crippen LogP contribution in [-0.4, -0.2) is 31.2 Å². The van der Waals surface area contributed by atoms with E-state index in [1.54, 1.807) is 24.5 Å². The average Bonchev–Trinajstić information content (AvgIpc) is 3.27. The van der Waals surface area contributed by atoms with Gasteiger partial charge in [-0.1, -0.05) is 0 Å². The number of ketones is 1. The van der Waals surface area contributed by atoms with Crippen LogP contribution >= 0.6 is 11.3 Å². The van der Waals surface area contributed by atoms with E-state index in [2.05, 4.69) is 38.7 Å². The van der Waals surface area contributed by atoms with E-state index in [4.69, 9.17) is 0 Å². The van der Waals surface area contributed by atoms with Gasteiger partial charge in [0, 0.05) is 52.2 Å². The fourth-order valence-electron chi connectivity index (χ4n) is 3.57. The highest BCUT2D eigenvalue weighted by molar-refractivity contribution is 7.11. The van der Waals surface area contributed by atoms with E-state index in [0.29, 0.717) is 16.9 Å². The molecule has 0 fully saturated rings. The first-order valence-electron chi connectivity index (χ1n) is 10.0. The molecule has 4 heterocycles. The van der Waals surface area contributed by atoms with E-state index >= 15 is 0 Å². The fourth-order valence-corrected chi connectivity index (χ4v) is 4.51.